The lowest BCUT2D eigenvalue weighted by Crippen LogP contribution is -2.10. The molecule has 5 heteroatoms. The normalized spacial score (nSPS) is 16.6. The number of methoxy groups -OCH3 is 1. The van der Waals surface area contributed by atoms with Crippen LogP contribution >= 0.6 is 0 Å². The van der Waals surface area contributed by atoms with Gasteiger partial charge in [-0.15, -0.1) is 0 Å². The number of aliphatic imine (C=N–C) groups is 2. The zero-order chi connectivity index (χ0) is 12.3. The van der Waals surface area contributed by atoms with Crippen LogP contribution in [0.25, 0.3) is 0 Å². The fourth-order valence-corrected chi connectivity index (χ4v) is 1.38. The van der Waals surface area contributed by atoms with Gasteiger partial charge in [0, 0.05) is 13.7 Å². The highest BCUT2D eigenvalue weighted by Crippen LogP contribution is 2.16. The van der Waals surface area contributed by atoms with Gasteiger partial charge in [-0.3, -0.25) is 4.98 Å². The molecule has 0 saturated heterocycles. The van der Waals surface area contributed by atoms with Crippen molar-refractivity contribution in [2.45, 2.75) is 0 Å². The number of allylic oxidation sites excluding steroid dienone is 2. The minimum Gasteiger partial charge on any atom is -0.497 e. The van der Waals surface area contributed by atoms with Crippen LogP contribution in [0.1, 0.15) is 7.12 Å². The molecule has 2 N–H and O–H groups in total. The van der Waals surface area contributed by atoms with E-state index in [9.17, 15) is 0 Å². The first-order valence-corrected chi connectivity index (χ1v) is 5.01. The highest BCUT2D eigenvalue weighted by molar-refractivity contribution is 6.16. The van der Waals surface area contributed by atoms with Crippen molar-refractivity contribution in [2.24, 2.45) is 15.7 Å². The SMILES string of the molecule is C=C/C=C1\N=C(c2cc(OC)ccn2)N=C1N.[HH]. The topological polar surface area (TPSA) is 72.9 Å². The molecular weight excluding hydrogens is 216 g/mol. The molecule has 0 bridgehead atoms. The maximum absolute atomic E-state index is 5.72. The lowest BCUT2D eigenvalue weighted by atomic mass is 10.3. The van der Waals surface area contributed by atoms with E-state index in [0.29, 0.717) is 28.8 Å². The molecule has 0 unspecified atom stereocenters. The van der Waals surface area contributed by atoms with Gasteiger partial charge >= 0.3 is 0 Å². The van der Waals surface area contributed by atoms with E-state index < -0.39 is 0 Å². The van der Waals surface area contributed by atoms with E-state index in [1.54, 1.807) is 37.6 Å². The van der Waals surface area contributed by atoms with Crippen molar-refractivity contribution in [1.82, 2.24) is 4.98 Å². The second-order valence-electron chi connectivity index (χ2n) is 3.30. The number of rotatable bonds is 3. The number of ether oxygens (including phenoxy) is 1. The van der Waals surface area contributed by atoms with Crippen molar-refractivity contribution in [1.29, 1.82) is 0 Å². The van der Waals surface area contributed by atoms with E-state index in [-0.39, 0.29) is 1.43 Å². The predicted molar refractivity (Wildman–Crippen MR) is 69.3 cm³/mol. The summed E-state index contributed by atoms with van der Waals surface area (Å²) in [5, 5.41) is 0. The first-order chi connectivity index (χ1) is 8.24. The van der Waals surface area contributed by atoms with Crippen molar-refractivity contribution in [3.8, 4) is 5.75 Å². The predicted octanol–water partition coefficient (Wildman–Crippen LogP) is 1.52. The van der Waals surface area contributed by atoms with Crippen LogP contribution in [0.5, 0.6) is 5.75 Å². The fourth-order valence-electron chi connectivity index (χ4n) is 1.38. The molecule has 0 saturated carbocycles. The van der Waals surface area contributed by atoms with E-state index in [2.05, 4.69) is 21.5 Å². The van der Waals surface area contributed by atoms with Gasteiger partial charge in [0.1, 0.15) is 17.1 Å². The van der Waals surface area contributed by atoms with E-state index in [1.807, 2.05) is 0 Å². The molecule has 1 aromatic heterocycles. The first-order valence-electron chi connectivity index (χ1n) is 5.01. The molecule has 0 atom stereocenters. The molecule has 0 aliphatic carbocycles. The maximum atomic E-state index is 5.72. The lowest BCUT2D eigenvalue weighted by Gasteiger charge is -2.00. The Morgan fingerprint density at radius 2 is 2.29 bits per heavy atom. The maximum Gasteiger partial charge on any atom is 0.181 e. The third-order valence-corrected chi connectivity index (χ3v) is 2.19. The Hall–Kier alpha value is -2.43. The number of nitrogens with zero attached hydrogens (tertiary/aromatic N) is 3. The van der Waals surface area contributed by atoms with Gasteiger partial charge in [0.05, 0.1) is 7.11 Å². The van der Waals surface area contributed by atoms with Crippen molar-refractivity contribution in [2.75, 3.05) is 7.11 Å². The number of aromatic nitrogens is 1. The number of nitrogens with two attached hydrogens (primary N) is 1. The monoisotopic (exact) mass is 230 g/mol. The van der Waals surface area contributed by atoms with Gasteiger partial charge in [0.15, 0.2) is 11.7 Å². The van der Waals surface area contributed by atoms with Gasteiger partial charge in [0.2, 0.25) is 0 Å². The Balaban J connectivity index is 0.00000162. The zero-order valence-electron chi connectivity index (χ0n) is 9.42. The van der Waals surface area contributed by atoms with Crippen LogP contribution in [0.15, 0.2) is 52.7 Å². The second-order valence-corrected chi connectivity index (χ2v) is 3.30. The van der Waals surface area contributed by atoms with Crippen LogP contribution in [0.4, 0.5) is 0 Å². The van der Waals surface area contributed by atoms with Gasteiger partial charge in [-0.25, -0.2) is 9.98 Å². The molecule has 1 aromatic rings. The average Bonchev–Trinajstić information content (AvgIpc) is 2.72. The van der Waals surface area contributed by atoms with Gasteiger partial charge in [0.25, 0.3) is 0 Å². The summed E-state index contributed by atoms with van der Waals surface area (Å²) in [6, 6.07) is 3.51. The molecule has 1 aliphatic rings. The van der Waals surface area contributed by atoms with Crippen LogP contribution in [0, 0.1) is 0 Å². The van der Waals surface area contributed by atoms with Gasteiger partial charge < -0.3 is 10.5 Å². The smallest absolute Gasteiger partial charge is 0.181 e. The molecule has 0 aromatic carbocycles. The minimum absolute atomic E-state index is 0. The number of hydrogen-bond acceptors (Lipinski definition) is 5. The summed E-state index contributed by atoms with van der Waals surface area (Å²) in [6.45, 7) is 3.59. The Labute approximate surface area is 101 Å². The van der Waals surface area contributed by atoms with Crippen LogP contribution in [0.2, 0.25) is 0 Å². The largest absolute Gasteiger partial charge is 0.497 e. The number of hydrogen-bond donors (Lipinski definition) is 1. The van der Waals surface area contributed by atoms with E-state index >= 15 is 0 Å². The Bertz CT molecular complexity index is 549. The minimum atomic E-state index is 0. The van der Waals surface area contributed by atoms with Crippen LogP contribution in [-0.4, -0.2) is 23.8 Å². The van der Waals surface area contributed by atoms with Crippen molar-refractivity contribution in [3.05, 3.63) is 48.5 Å². The summed E-state index contributed by atoms with van der Waals surface area (Å²) in [5.41, 5.74) is 6.95. The fraction of sp³-hybridized carbons (Fsp3) is 0.0833. The summed E-state index contributed by atoms with van der Waals surface area (Å²) in [6.07, 6.45) is 4.95. The molecule has 0 amide bonds. The molecule has 0 radical (unpaired) electrons. The van der Waals surface area contributed by atoms with E-state index in [4.69, 9.17) is 10.5 Å². The Kier molecular flexibility index (Phi) is 3.00. The lowest BCUT2D eigenvalue weighted by molar-refractivity contribution is 0.414. The average molecular weight is 230 g/mol. The third kappa shape index (κ3) is 2.23. The number of amidine groups is 2. The molecule has 0 fully saturated rings. The molecule has 2 rings (SSSR count). The van der Waals surface area contributed by atoms with Gasteiger partial charge in [-0.05, 0) is 12.1 Å². The molecule has 88 valence electrons. The van der Waals surface area contributed by atoms with Crippen molar-refractivity contribution < 1.29 is 6.16 Å². The highest BCUT2D eigenvalue weighted by atomic mass is 16.5. The highest BCUT2D eigenvalue weighted by Gasteiger charge is 2.15. The van der Waals surface area contributed by atoms with Gasteiger partial charge in [-0.2, -0.15) is 0 Å². The molecule has 1 aliphatic heterocycles. The van der Waals surface area contributed by atoms with Gasteiger partial charge in [-0.1, -0.05) is 12.7 Å². The third-order valence-electron chi connectivity index (χ3n) is 2.19. The summed E-state index contributed by atoms with van der Waals surface area (Å²) in [4.78, 5) is 12.6. The summed E-state index contributed by atoms with van der Waals surface area (Å²) < 4.78 is 5.11. The molecule has 17 heavy (non-hydrogen) atoms. The zero-order valence-corrected chi connectivity index (χ0v) is 9.42. The molecule has 0 spiro atoms. The molecule has 2 heterocycles. The first kappa shape index (κ1) is 11.1. The quantitative estimate of drug-likeness (QED) is 0.855. The Morgan fingerprint density at radius 1 is 1.47 bits per heavy atom. The summed E-state index contributed by atoms with van der Waals surface area (Å²) in [7, 11) is 1.59. The summed E-state index contributed by atoms with van der Waals surface area (Å²) in [5.74, 6) is 1.55. The van der Waals surface area contributed by atoms with Crippen LogP contribution in [-0.2, 0) is 0 Å². The van der Waals surface area contributed by atoms with E-state index in [1.165, 1.54) is 0 Å². The number of pyridine rings is 1. The van der Waals surface area contributed by atoms with Crippen molar-refractivity contribution in [3.63, 3.8) is 0 Å². The van der Waals surface area contributed by atoms with E-state index in [0.717, 1.165) is 0 Å². The second kappa shape index (κ2) is 4.61. The van der Waals surface area contributed by atoms with Crippen molar-refractivity contribution >= 4 is 11.7 Å². The molecule has 5 nitrogen and oxygen atoms in total. The van der Waals surface area contributed by atoms with Crippen LogP contribution in [0.3, 0.4) is 0 Å². The standard InChI is InChI=1S/C12H12N4O.H2/c1-3-4-9-11(13)16-12(15-9)10-7-8(17-2)5-6-14-10;/h3-7H,1H2,2H3,(H2,13,15,16);1H/b9-4-;. The van der Waals surface area contributed by atoms with Crippen LogP contribution < -0.4 is 10.5 Å². The molecular formula is C12H14N4O. The Morgan fingerprint density at radius 3 is 3.00 bits per heavy atom. The summed E-state index contributed by atoms with van der Waals surface area (Å²) >= 11 is 0.